The fraction of sp³-hybridized carbons (Fsp3) is 0.318. The normalized spacial score (nSPS) is 16.1. The van der Waals surface area contributed by atoms with Crippen molar-refractivity contribution in [1.82, 2.24) is 10.6 Å². The van der Waals surface area contributed by atoms with E-state index < -0.39 is 0 Å². The van der Waals surface area contributed by atoms with Crippen molar-refractivity contribution in [3.05, 3.63) is 65.7 Å². The van der Waals surface area contributed by atoms with E-state index in [1.54, 1.807) is 0 Å². The number of aliphatic imine (C=N–C) groups is 1. The van der Waals surface area contributed by atoms with Crippen LogP contribution in [-0.2, 0) is 16.0 Å². The Kier molecular flexibility index (Phi) is 6.78. The number of nitrogens with one attached hydrogen (secondary N) is 2. The molecule has 146 valence electrons. The molecule has 0 fully saturated rings. The summed E-state index contributed by atoms with van der Waals surface area (Å²) in [5, 5.41) is 5.33. The van der Waals surface area contributed by atoms with Crippen molar-refractivity contribution in [1.29, 1.82) is 0 Å². The summed E-state index contributed by atoms with van der Waals surface area (Å²) in [6.07, 6.45) is 2.10. The van der Waals surface area contributed by atoms with Gasteiger partial charge in [0.25, 0.3) is 0 Å². The Bertz CT molecular complexity index is 832. The number of guanidine groups is 1. The highest BCUT2D eigenvalue weighted by Gasteiger charge is 2.23. The third-order valence-corrected chi connectivity index (χ3v) is 4.51. The molecule has 0 spiro atoms. The summed E-state index contributed by atoms with van der Waals surface area (Å²) in [5.74, 6) is 0.651. The molecule has 0 bridgehead atoms. The van der Waals surface area contributed by atoms with E-state index >= 15 is 0 Å². The van der Waals surface area contributed by atoms with Gasteiger partial charge in [-0.2, -0.15) is 0 Å². The maximum Gasteiger partial charge on any atom is 0.229 e. The first kappa shape index (κ1) is 19.6. The Morgan fingerprint density at radius 3 is 2.64 bits per heavy atom. The van der Waals surface area contributed by atoms with Crippen LogP contribution in [0.25, 0.3) is 0 Å². The molecule has 0 saturated carbocycles. The van der Waals surface area contributed by atoms with Gasteiger partial charge in [-0.15, -0.1) is 0 Å². The first-order chi connectivity index (χ1) is 13.6. The molecule has 0 radical (unpaired) electrons. The summed E-state index contributed by atoms with van der Waals surface area (Å²) < 4.78 is 5.58. The minimum Gasteiger partial charge on any atom is -0.494 e. The summed E-state index contributed by atoms with van der Waals surface area (Å²) >= 11 is 0. The second-order valence-corrected chi connectivity index (χ2v) is 6.65. The summed E-state index contributed by atoms with van der Waals surface area (Å²) in [7, 11) is 0. The van der Waals surface area contributed by atoms with Crippen molar-refractivity contribution in [3.8, 4) is 5.75 Å². The van der Waals surface area contributed by atoms with Gasteiger partial charge in [-0.25, -0.2) is 4.99 Å². The molecular formula is C22H25N3O3. The summed E-state index contributed by atoms with van der Waals surface area (Å²) in [4.78, 5) is 28.7. The summed E-state index contributed by atoms with van der Waals surface area (Å²) in [5.41, 5.74) is 2.20. The molecule has 6 nitrogen and oxygen atoms in total. The van der Waals surface area contributed by atoms with Crippen molar-refractivity contribution in [2.24, 2.45) is 4.99 Å². The molecule has 0 unspecified atom stereocenters. The molecule has 3 rings (SSSR count). The van der Waals surface area contributed by atoms with Gasteiger partial charge in [0.1, 0.15) is 5.75 Å². The molecule has 1 atom stereocenters. The highest BCUT2D eigenvalue weighted by Crippen LogP contribution is 2.24. The number of carbonyl (C=O) groups is 2. The van der Waals surface area contributed by atoms with Crippen molar-refractivity contribution in [2.75, 3.05) is 6.61 Å². The fourth-order valence-electron chi connectivity index (χ4n) is 2.96. The van der Waals surface area contributed by atoms with Gasteiger partial charge in [0, 0.05) is 6.42 Å². The number of hydrogen-bond acceptors (Lipinski definition) is 4. The molecule has 2 N–H and O–H groups in total. The molecule has 2 amide bonds. The molecule has 6 heteroatoms. The Morgan fingerprint density at radius 2 is 1.93 bits per heavy atom. The number of carbonyl (C=O) groups excluding carboxylic acids is 2. The maximum absolute atomic E-state index is 12.2. The molecule has 28 heavy (non-hydrogen) atoms. The van der Waals surface area contributed by atoms with Gasteiger partial charge in [0.2, 0.25) is 17.8 Å². The standard InChI is InChI=1S/C22H25N3O3/c1-2-16-10-12-17(13-11-16)19-15-21(27)25-22(23-19)24-20(26)9-6-14-28-18-7-4-3-5-8-18/h3-5,7-8,10-13,19H,2,6,9,14-15H2,1H3,(H2,23,24,25,26,27)/t19-/m1/s1. The summed E-state index contributed by atoms with van der Waals surface area (Å²) in [6.45, 7) is 2.54. The van der Waals surface area contributed by atoms with Gasteiger partial charge in [-0.05, 0) is 36.1 Å². The Labute approximate surface area is 165 Å². The third-order valence-electron chi connectivity index (χ3n) is 4.51. The zero-order chi connectivity index (χ0) is 19.8. The second kappa shape index (κ2) is 9.69. The van der Waals surface area contributed by atoms with Crippen molar-refractivity contribution < 1.29 is 14.3 Å². The number of amides is 2. The van der Waals surface area contributed by atoms with Crippen molar-refractivity contribution in [3.63, 3.8) is 0 Å². The topological polar surface area (TPSA) is 79.8 Å². The first-order valence-corrected chi connectivity index (χ1v) is 9.58. The van der Waals surface area contributed by atoms with E-state index in [1.165, 1.54) is 5.56 Å². The quantitative estimate of drug-likeness (QED) is 0.726. The number of para-hydroxylation sites is 1. The highest BCUT2D eigenvalue weighted by molar-refractivity contribution is 6.06. The van der Waals surface area contributed by atoms with Crippen LogP contribution < -0.4 is 15.4 Å². The SMILES string of the molecule is CCc1ccc([C@H]2CC(=O)NC(NC(=O)CCCOc3ccccc3)=N2)cc1. The van der Waals surface area contributed by atoms with Crippen molar-refractivity contribution in [2.45, 2.75) is 38.6 Å². The number of nitrogens with zero attached hydrogens (tertiary/aromatic N) is 1. The van der Waals surface area contributed by atoms with Crippen LogP contribution in [0, 0.1) is 0 Å². The minimum atomic E-state index is -0.281. The maximum atomic E-state index is 12.2. The second-order valence-electron chi connectivity index (χ2n) is 6.65. The van der Waals surface area contributed by atoms with Gasteiger partial charge in [-0.1, -0.05) is 49.4 Å². The third kappa shape index (κ3) is 5.67. The van der Waals surface area contributed by atoms with Gasteiger partial charge < -0.3 is 4.74 Å². The number of benzene rings is 2. The van der Waals surface area contributed by atoms with Gasteiger partial charge in [0.05, 0.1) is 19.1 Å². The van der Waals surface area contributed by atoms with Crippen LogP contribution in [0.4, 0.5) is 0 Å². The van der Waals surface area contributed by atoms with Crippen LogP contribution in [0.15, 0.2) is 59.6 Å². The van der Waals surface area contributed by atoms with E-state index in [4.69, 9.17) is 4.74 Å². The number of ether oxygens (including phenoxy) is 1. The first-order valence-electron chi connectivity index (χ1n) is 9.58. The number of rotatable bonds is 7. The van der Waals surface area contributed by atoms with E-state index in [0.717, 1.165) is 17.7 Å². The average molecular weight is 379 g/mol. The zero-order valence-electron chi connectivity index (χ0n) is 16.0. The molecule has 0 aliphatic carbocycles. The minimum absolute atomic E-state index is 0.151. The van der Waals surface area contributed by atoms with Crippen LogP contribution in [0.5, 0.6) is 5.75 Å². The lowest BCUT2D eigenvalue weighted by molar-refractivity contribution is -0.120. The monoisotopic (exact) mass is 379 g/mol. The Balaban J connectivity index is 1.50. The van der Waals surface area contributed by atoms with Crippen LogP contribution in [-0.4, -0.2) is 24.4 Å². The van der Waals surface area contributed by atoms with Gasteiger partial charge >= 0.3 is 0 Å². The predicted molar refractivity (Wildman–Crippen MR) is 108 cm³/mol. The highest BCUT2D eigenvalue weighted by atomic mass is 16.5. The molecular weight excluding hydrogens is 354 g/mol. The lowest BCUT2D eigenvalue weighted by atomic mass is 10.0. The number of hydrogen-bond donors (Lipinski definition) is 2. The molecule has 1 aliphatic heterocycles. The van der Waals surface area contributed by atoms with Gasteiger partial charge in [-0.3, -0.25) is 20.2 Å². The molecule has 1 heterocycles. The van der Waals surface area contributed by atoms with E-state index in [9.17, 15) is 9.59 Å². The van der Waals surface area contributed by atoms with Crippen molar-refractivity contribution >= 4 is 17.8 Å². The van der Waals surface area contributed by atoms with Crippen LogP contribution in [0.2, 0.25) is 0 Å². The predicted octanol–water partition coefficient (Wildman–Crippen LogP) is 3.14. The lowest BCUT2D eigenvalue weighted by Gasteiger charge is -2.21. The fourth-order valence-corrected chi connectivity index (χ4v) is 2.96. The Hall–Kier alpha value is -3.15. The smallest absolute Gasteiger partial charge is 0.229 e. The van der Waals surface area contributed by atoms with E-state index in [-0.39, 0.29) is 36.7 Å². The summed E-state index contributed by atoms with van der Waals surface area (Å²) in [6, 6.07) is 17.3. The van der Waals surface area contributed by atoms with Crippen LogP contribution >= 0.6 is 0 Å². The van der Waals surface area contributed by atoms with E-state index in [1.807, 2.05) is 54.6 Å². The number of aryl methyl sites for hydroxylation is 1. The van der Waals surface area contributed by atoms with E-state index in [2.05, 4.69) is 22.5 Å². The average Bonchev–Trinajstić information content (AvgIpc) is 2.71. The molecule has 0 aromatic heterocycles. The molecule has 0 saturated heterocycles. The van der Waals surface area contributed by atoms with Crippen LogP contribution in [0.3, 0.4) is 0 Å². The molecule has 1 aliphatic rings. The largest absolute Gasteiger partial charge is 0.494 e. The lowest BCUT2D eigenvalue weighted by Crippen LogP contribution is -2.47. The Morgan fingerprint density at radius 1 is 1.18 bits per heavy atom. The zero-order valence-corrected chi connectivity index (χ0v) is 16.0. The van der Waals surface area contributed by atoms with Crippen LogP contribution in [0.1, 0.15) is 43.4 Å². The molecule has 2 aromatic carbocycles. The molecule has 2 aromatic rings. The van der Waals surface area contributed by atoms with E-state index in [0.29, 0.717) is 13.0 Å². The van der Waals surface area contributed by atoms with Gasteiger partial charge in [0.15, 0.2) is 0 Å².